The predicted molar refractivity (Wildman–Crippen MR) is 141 cm³/mol. The van der Waals surface area contributed by atoms with Crippen molar-refractivity contribution >= 4 is 55.1 Å². The number of anilines is 1. The summed E-state index contributed by atoms with van der Waals surface area (Å²) in [7, 11) is -2.62. The number of carbonyl (C=O) groups excluding carboxylic acids is 2. The van der Waals surface area contributed by atoms with Gasteiger partial charge in [0.05, 0.1) is 10.6 Å². The minimum Gasteiger partial charge on any atom is -0.357 e. The number of hydrogen-bond donors (Lipinski definition) is 1. The van der Waals surface area contributed by atoms with E-state index >= 15 is 0 Å². The van der Waals surface area contributed by atoms with Gasteiger partial charge in [0.1, 0.15) is 12.6 Å². The van der Waals surface area contributed by atoms with E-state index in [4.69, 9.17) is 11.6 Å². The van der Waals surface area contributed by atoms with Crippen molar-refractivity contribution in [1.29, 1.82) is 0 Å². The van der Waals surface area contributed by atoms with Crippen molar-refractivity contribution in [3.63, 3.8) is 0 Å². The molecule has 0 aliphatic heterocycles. The summed E-state index contributed by atoms with van der Waals surface area (Å²) >= 11 is 9.36. The van der Waals surface area contributed by atoms with Crippen LogP contribution in [0.4, 0.5) is 5.69 Å². The van der Waals surface area contributed by atoms with Gasteiger partial charge in [-0.1, -0.05) is 57.9 Å². The maximum absolute atomic E-state index is 13.6. The van der Waals surface area contributed by atoms with E-state index in [2.05, 4.69) is 21.2 Å². The first-order chi connectivity index (χ1) is 16.6. The van der Waals surface area contributed by atoms with E-state index in [-0.39, 0.29) is 17.3 Å². The van der Waals surface area contributed by atoms with Crippen molar-refractivity contribution < 1.29 is 18.0 Å². The van der Waals surface area contributed by atoms with Gasteiger partial charge in [-0.15, -0.1) is 0 Å². The number of nitrogens with one attached hydrogen (secondary N) is 1. The van der Waals surface area contributed by atoms with Crippen LogP contribution in [0.1, 0.15) is 12.5 Å². The molecule has 0 saturated carbocycles. The lowest BCUT2D eigenvalue weighted by atomic mass is 10.1. The molecule has 0 aliphatic carbocycles. The molecule has 0 saturated heterocycles. The SMILES string of the molecule is CNC(=O)C(C)N(Cc1cccc(Br)c1)C(=O)CN(c1ccccc1)S(=O)(=O)c1ccc(Cl)cc1. The first-order valence-corrected chi connectivity index (χ1v) is 13.3. The van der Waals surface area contributed by atoms with E-state index in [1.807, 2.05) is 24.3 Å². The molecule has 0 radical (unpaired) electrons. The third-order valence-corrected chi connectivity index (χ3v) is 7.91. The van der Waals surface area contributed by atoms with Gasteiger partial charge < -0.3 is 10.2 Å². The molecule has 184 valence electrons. The smallest absolute Gasteiger partial charge is 0.264 e. The Morgan fingerprint density at radius 1 is 1.00 bits per heavy atom. The van der Waals surface area contributed by atoms with E-state index in [1.54, 1.807) is 37.3 Å². The number of amides is 2. The summed E-state index contributed by atoms with van der Waals surface area (Å²) in [6.45, 7) is 1.23. The summed E-state index contributed by atoms with van der Waals surface area (Å²) in [5, 5.41) is 2.95. The van der Waals surface area contributed by atoms with Crippen LogP contribution >= 0.6 is 27.5 Å². The van der Waals surface area contributed by atoms with Crippen LogP contribution in [-0.2, 0) is 26.2 Å². The Hall–Kier alpha value is -2.88. The highest BCUT2D eigenvalue weighted by Crippen LogP contribution is 2.25. The van der Waals surface area contributed by atoms with E-state index in [1.165, 1.54) is 36.2 Å². The largest absolute Gasteiger partial charge is 0.357 e. The number of rotatable bonds is 9. The zero-order valence-electron chi connectivity index (χ0n) is 19.2. The Morgan fingerprint density at radius 2 is 1.66 bits per heavy atom. The average molecular weight is 579 g/mol. The van der Waals surface area contributed by atoms with Gasteiger partial charge in [-0.2, -0.15) is 0 Å². The number of sulfonamides is 1. The van der Waals surface area contributed by atoms with Gasteiger partial charge in [-0.25, -0.2) is 8.42 Å². The fourth-order valence-electron chi connectivity index (χ4n) is 3.48. The number of para-hydroxylation sites is 1. The highest BCUT2D eigenvalue weighted by atomic mass is 79.9. The summed E-state index contributed by atoms with van der Waals surface area (Å²) in [6.07, 6.45) is 0. The quantitative estimate of drug-likeness (QED) is 0.406. The molecule has 0 aromatic heterocycles. The molecule has 3 aromatic carbocycles. The van der Waals surface area contributed by atoms with Crippen LogP contribution in [0.15, 0.2) is 88.2 Å². The number of benzene rings is 3. The molecule has 1 N–H and O–H groups in total. The molecule has 0 aliphatic rings. The Morgan fingerprint density at radius 3 is 2.26 bits per heavy atom. The molecule has 2 amide bonds. The van der Waals surface area contributed by atoms with Crippen molar-refractivity contribution in [2.75, 3.05) is 17.9 Å². The topological polar surface area (TPSA) is 86.8 Å². The first-order valence-electron chi connectivity index (χ1n) is 10.7. The summed E-state index contributed by atoms with van der Waals surface area (Å²) < 4.78 is 29.1. The summed E-state index contributed by atoms with van der Waals surface area (Å²) in [4.78, 5) is 27.4. The predicted octanol–water partition coefficient (Wildman–Crippen LogP) is 4.46. The first kappa shape index (κ1) is 26.7. The molecule has 10 heteroatoms. The average Bonchev–Trinajstić information content (AvgIpc) is 2.85. The molecular weight excluding hydrogens is 554 g/mol. The fourth-order valence-corrected chi connectivity index (χ4v) is 5.47. The second-order valence-corrected chi connectivity index (χ2v) is 11.0. The molecule has 0 heterocycles. The van der Waals surface area contributed by atoms with Gasteiger partial charge in [0, 0.05) is 23.1 Å². The Labute approximate surface area is 218 Å². The Balaban J connectivity index is 2.00. The Kier molecular flexibility index (Phi) is 8.93. The molecule has 0 spiro atoms. The van der Waals surface area contributed by atoms with Crippen LogP contribution in [-0.4, -0.2) is 44.8 Å². The zero-order chi connectivity index (χ0) is 25.6. The van der Waals surface area contributed by atoms with E-state index in [0.29, 0.717) is 10.7 Å². The lowest BCUT2D eigenvalue weighted by Crippen LogP contribution is -2.50. The molecule has 3 rings (SSSR count). The van der Waals surface area contributed by atoms with Crippen LogP contribution in [0.2, 0.25) is 5.02 Å². The lowest BCUT2D eigenvalue weighted by molar-refractivity contribution is -0.139. The number of halogens is 2. The minimum atomic E-state index is -4.11. The maximum Gasteiger partial charge on any atom is 0.264 e. The minimum absolute atomic E-state index is 0.00329. The standard InChI is InChI=1S/C25H25BrClN3O4S/c1-18(25(32)28-2)29(16-19-7-6-8-20(26)15-19)24(31)17-30(22-9-4-3-5-10-22)35(33,34)23-13-11-21(27)12-14-23/h3-15,18H,16-17H2,1-2H3,(H,28,32). The molecule has 3 aromatic rings. The molecule has 0 bridgehead atoms. The van der Waals surface area contributed by atoms with Crippen LogP contribution in [0, 0.1) is 0 Å². The number of hydrogen-bond acceptors (Lipinski definition) is 4. The summed E-state index contributed by atoms with van der Waals surface area (Å²) in [6, 6.07) is 20.6. The third-order valence-electron chi connectivity index (χ3n) is 5.38. The van der Waals surface area contributed by atoms with Gasteiger partial charge in [0.25, 0.3) is 10.0 Å². The van der Waals surface area contributed by atoms with Crippen molar-refractivity contribution in [2.24, 2.45) is 0 Å². The van der Waals surface area contributed by atoms with Gasteiger partial charge in [0.2, 0.25) is 11.8 Å². The molecule has 1 atom stereocenters. The Bertz CT molecular complexity index is 1290. The zero-order valence-corrected chi connectivity index (χ0v) is 22.3. The van der Waals surface area contributed by atoms with E-state index in [9.17, 15) is 18.0 Å². The molecule has 1 unspecified atom stereocenters. The summed E-state index contributed by atoms with van der Waals surface area (Å²) in [5.41, 5.74) is 1.11. The third kappa shape index (κ3) is 6.62. The van der Waals surface area contributed by atoms with Gasteiger partial charge in [-0.3, -0.25) is 13.9 Å². The molecule has 35 heavy (non-hydrogen) atoms. The monoisotopic (exact) mass is 577 g/mol. The van der Waals surface area contributed by atoms with Crippen LogP contribution in [0.5, 0.6) is 0 Å². The molecule has 7 nitrogen and oxygen atoms in total. The fraction of sp³-hybridized carbons (Fsp3) is 0.200. The van der Waals surface area contributed by atoms with Crippen LogP contribution in [0.25, 0.3) is 0 Å². The number of nitrogens with zero attached hydrogens (tertiary/aromatic N) is 2. The van der Waals surface area contributed by atoms with Crippen molar-refractivity contribution in [1.82, 2.24) is 10.2 Å². The summed E-state index contributed by atoms with van der Waals surface area (Å²) in [5.74, 6) is -0.886. The van der Waals surface area contributed by atoms with Gasteiger partial charge in [0.15, 0.2) is 0 Å². The highest BCUT2D eigenvalue weighted by molar-refractivity contribution is 9.10. The second kappa shape index (κ2) is 11.7. The van der Waals surface area contributed by atoms with Crippen molar-refractivity contribution in [2.45, 2.75) is 24.4 Å². The molecular formula is C25H25BrClN3O4S. The lowest BCUT2D eigenvalue weighted by Gasteiger charge is -2.31. The normalized spacial score (nSPS) is 12.0. The van der Waals surface area contributed by atoms with Gasteiger partial charge in [-0.05, 0) is 61.0 Å². The van der Waals surface area contributed by atoms with Gasteiger partial charge >= 0.3 is 0 Å². The van der Waals surface area contributed by atoms with Crippen LogP contribution in [0.3, 0.4) is 0 Å². The van der Waals surface area contributed by atoms with Crippen LogP contribution < -0.4 is 9.62 Å². The number of likely N-dealkylation sites (N-methyl/N-ethyl adjacent to an activating group) is 1. The van der Waals surface area contributed by atoms with Crippen molar-refractivity contribution in [3.8, 4) is 0 Å². The van der Waals surface area contributed by atoms with Crippen molar-refractivity contribution in [3.05, 3.63) is 93.9 Å². The second-order valence-electron chi connectivity index (χ2n) is 7.74. The number of carbonyl (C=O) groups is 2. The molecule has 0 fully saturated rings. The maximum atomic E-state index is 13.6. The van der Waals surface area contributed by atoms with E-state index < -0.39 is 28.5 Å². The highest BCUT2D eigenvalue weighted by Gasteiger charge is 2.32. The van der Waals surface area contributed by atoms with E-state index in [0.717, 1.165) is 14.3 Å².